The number of hydrogen-bond donors (Lipinski definition) is 3. The molecule has 0 aromatic heterocycles. The van der Waals surface area contributed by atoms with Gasteiger partial charge in [0.1, 0.15) is 0 Å². The number of amides is 1. The van der Waals surface area contributed by atoms with Crippen LogP contribution < -0.4 is 20.9 Å². The van der Waals surface area contributed by atoms with Gasteiger partial charge >= 0.3 is 0 Å². The maximum Gasteiger partial charge on any atom is 0.220 e. The van der Waals surface area contributed by atoms with Gasteiger partial charge in [-0.2, -0.15) is 0 Å². The molecular weight excluding hydrogens is 394 g/mol. The number of hydrogen-bond acceptors (Lipinski definition) is 3. The van der Waals surface area contributed by atoms with Crippen molar-refractivity contribution in [3.63, 3.8) is 0 Å². The first-order valence-electron chi connectivity index (χ1n) is 9.41. The van der Waals surface area contributed by atoms with Gasteiger partial charge in [0, 0.05) is 49.7 Å². The van der Waals surface area contributed by atoms with E-state index in [2.05, 4.69) is 60.0 Å². The van der Waals surface area contributed by atoms with Crippen molar-refractivity contribution >= 4 is 33.5 Å². The van der Waals surface area contributed by atoms with Crippen LogP contribution in [0.3, 0.4) is 0 Å². The van der Waals surface area contributed by atoms with E-state index in [4.69, 9.17) is 0 Å². The van der Waals surface area contributed by atoms with E-state index in [0.29, 0.717) is 18.5 Å². The lowest BCUT2D eigenvalue weighted by atomic mass is 10.2. The monoisotopic (exact) mass is 421 g/mol. The molecule has 1 saturated carbocycles. The van der Waals surface area contributed by atoms with Crippen molar-refractivity contribution in [2.75, 3.05) is 31.6 Å². The molecule has 1 amide bonds. The third-order valence-electron chi connectivity index (χ3n) is 4.76. The average molecular weight is 422 g/mol. The van der Waals surface area contributed by atoms with Crippen LogP contribution in [-0.4, -0.2) is 50.6 Å². The number of benzene rings is 1. The molecule has 6 nitrogen and oxygen atoms in total. The highest BCUT2D eigenvalue weighted by Gasteiger charge is 2.25. The van der Waals surface area contributed by atoms with Gasteiger partial charge in [0.05, 0.1) is 5.69 Å². The largest absolute Gasteiger partial charge is 0.368 e. The minimum Gasteiger partial charge on any atom is -0.368 e. The summed E-state index contributed by atoms with van der Waals surface area (Å²) in [4.78, 5) is 18.4. The summed E-state index contributed by atoms with van der Waals surface area (Å²) < 4.78 is 1.13. The number of carbonyl (C=O) groups is 1. The summed E-state index contributed by atoms with van der Waals surface area (Å²) in [5, 5.41) is 9.83. The first-order chi connectivity index (χ1) is 12.7. The molecule has 1 aromatic rings. The standard InChI is InChI=1S/C19H28BrN5O/c1-21-19(22-11-4-7-18(26)23-14-8-9-14)24-15-10-12-25(13-15)17-6-3-2-5-16(17)20/h2-3,5-6,14-15H,4,7-13H2,1H3,(H,23,26)(H2,21,22,24). The number of anilines is 1. The lowest BCUT2D eigenvalue weighted by Crippen LogP contribution is -2.45. The molecule has 0 radical (unpaired) electrons. The zero-order chi connectivity index (χ0) is 18.4. The molecule has 26 heavy (non-hydrogen) atoms. The minimum atomic E-state index is 0.164. The number of nitrogens with zero attached hydrogens (tertiary/aromatic N) is 2. The number of rotatable bonds is 7. The van der Waals surface area contributed by atoms with E-state index in [-0.39, 0.29) is 5.91 Å². The van der Waals surface area contributed by atoms with E-state index in [1.54, 1.807) is 7.05 Å². The SMILES string of the molecule is CN=C(NCCCC(=O)NC1CC1)NC1CCN(c2ccccc2Br)C1. The Labute approximate surface area is 163 Å². The number of aliphatic imine (C=N–C) groups is 1. The Morgan fingerprint density at radius 1 is 1.23 bits per heavy atom. The van der Waals surface area contributed by atoms with Gasteiger partial charge in [0.2, 0.25) is 5.91 Å². The molecule has 1 heterocycles. The summed E-state index contributed by atoms with van der Waals surface area (Å²) in [5.41, 5.74) is 1.24. The Kier molecular flexibility index (Phi) is 6.77. The summed E-state index contributed by atoms with van der Waals surface area (Å²) >= 11 is 3.63. The highest BCUT2D eigenvalue weighted by molar-refractivity contribution is 9.10. The molecule has 7 heteroatoms. The van der Waals surface area contributed by atoms with Gasteiger partial charge in [-0.05, 0) is 53.7 Å². The maximum absolute atomic E-state index is 11.7. The quantitative estimate of drug-likeness (QED) is 0.358. The van der Waals surface area contributed by atoms with Crippen LogP contribution in [0.1, 0.15) is 32.1 Å². The Hall–Kier alpha value is -1.76. The van der Waals surface area contributed by atoms with E-state index in [0.717, 1.165) is 55.7 Å². The molecule has 1 atom stereocenters. The number of para-hydroxylation sites is 1. The van der Waals surface area contributed by atoms with E-state index in [1.165, 1.54) is 5.69 Å². The van der Waals surface area contributed by atoms with Crippen LogP contribution in [0, 0.1) is 0 Å². The Morgan fingerprint density at radius 2 is 2.04 bits per heavy atom. The fourth-order valence-corrected chi connectivity index (χ4v) is 3.71. The van der Waals surface area contributed by atoms with Gasteiger partial charge < -0.3 is 20.9 Å². The smallest absolute Gasteiger partial charge is 0.220 e. The van der Waals surface area contributed by atoms with Gasteiger partial charge in [0.15, 0.2) is 5.96 Å². The maximum atomic E-state index is 11.7. The summed E-state index contributed by atoms with van der Waals surface area (Å²) in [6, 6.07) is 9.14. The summed E-state index contributed by atoms with van der Waals surface area (Å²) in [6.45, 7) is 2.73. The van der Waals surface area contributed by atoms with Crippen LogP contribution in [0.4, 0.5) is 5.69 Å². The van der Waals surface area contributed by atoms with Crippen LogP contribution >= 0.6 is 15.9 Å². The van der Waals surface area contributed by atoms with E-state index >= 15 is 0 Å². The van der Waals surface area contributed by atoms with Crippen LogP contribution in [0.5, 0.6) is 0 Å². The normalized spacial score (nSPS) is 20.2. The zero-order valence-electron chi connectivity index (χ0n) is 15.3. The van der Waals surface area contributed by atoms with Gasteiger partial charge in [0.25, 0.3) is 0 Å². The minimum absolute atomic E-state index is 0.164. The van der Waals surface area contributed by atoms with Crippen molar-refractivity contribution in [3.05, 3.63) is 28.7 Å². The molecule has 1 saturated heterocycles. The second-order valence-corrected chi connectivity index (χ2v) is 7.83. The van der Waals surface area contributed by atoms with Crippen molar-refractivity contribution < 1.29 is 4.79 Å². The fraction of sp³-hybridized carbons (Fsp3) is 0.579. The molecule has 1 aromatic carbocycles. The molecule has 0 spiro atoms. The Bertz CT molecular complexity index is 647. The first-order valence-corrected chi connectivity index (χ1v) is 10.2. The molecule has 3 rings (SSSR count). The molecular formula is C19H28BrN5O. The van der Waals surface area contributed by atoms with Crippen molar-refractivity contribution in [1.29, 1.82) is 0 Å². The molecule has 1 aliphatic carbocycles. The Balaban J connectivity index is 1.37. The predicted octanol–water partition coefficient (Wildman–Crippen LogP) is 2.25. The van der Waals surface area contributed by atoms with E-state index in [1.807, 2.05) is 6.07 Å². The topological polar surface area (TPSA) is 68.8 Å². The summed E-state index contributed by atoms with van der Waals surface area (Å²) in [7, 11) is 1.79. The third-order valence-corrected chi connectivity index (χ3v) is 5.43. The van der Waals surface area contributed by atoms with Crippen LogP contribution in [0.15, 0.2) is 33.7 Å². The average Bonchev–Trinajstić information content (AvgIpc) is 3.33. The third kappa shape index (κ3) is 5.62. The van der Waals surface area contributed by atoms with Crippen molar-refractivity contribution in [3.8, 4) is 0 Å². The van der Waals surface area contributed by atoms with Gasteiger partial charge in [-0.3, -0.25) is 9.79 Å². The highest BCUT2D eigenvalue weighted by Crippen LogP contribution is 2.28. The first kappa shape index (κ1) is 19.0. The molecule has 2 aliphatic rings. The van der Waals surface area contributed by atoms with Gasteiger partial charge in [-0.25, -0.2) is 0 Å². The van der Waals surface area contributed by atoms with Gasteiger partial charge in [-0.15, -0.1) is 0 Å². The molecule has 1 aliphatic heterocycles. The number of guanidine groups is 1. The molecule has 3 N–H and O–H groups in total. The van der Waals surface area contributed by atoms with Crippen LogP contribution in [-0.2, 0) is 4.79 Å². The summed E-state index contributed by atoms with van der Waals surface area (Å²) in [5.74, 6) is 0.976. The van der Waals surface area contributed by atoms with Crippen LogP contribution in [0.2, 0.25) is 0 Å². The molecule has 1 unspecified atom stereocenters. The number of carbonyl (C=O) groups excluding carboxylic acids is 1. The molecule has 0 bridgehead atoms. The second-order valence-electron chi connectivity index (χ2n) is 6.97. The molecule has 142 valence electrons. The van der Waals surface area contributed by atoms with E-state index in [9.17, 15) is 4.79 Å². The fourth-order valence-electron chi connectivity index (χ4n) is 3.18. The van der Waals surface area contributed by atoms with Crippen molar-refractivity contribution in [2.45, 2.75) is 44.2 Å². The second kappa shape index (κ2) is 9.26. The zero-order valence-corrected chi connectivity index (χ0v) is 16.9. The van der Waals surface area contributed by atoms with E-state index < -0.39 is 0 Å². The Morgan fingerprint density at radius 3 is 2.77 bits per heavy atom. The van der Waals surface area contributed by atoms with Crippen molar-refractivity contribution in [1.82, 2.24) is 16.0 Å². The van der Waals surface area contributed by atoms with Crippen LogP contribution in [0.25, 0.3) is 0 Å². The predicted molar refractivity (Wildman–Crippen MR) is 110 cm³/mol. The van der Waals surface area contributed by atoms with Crippen molar-refractivity contribution in [2.24, 2.45) is 4.99 Å². The summed E-state index contributed by atoms with van der Waals surface area (Å²) in [6.07, 6.45) is 4.73. The number of nitrogens with one attached hydrogen (secondary N) is 3. The van der Waals surface area contributed by atoms with Gasteiger partial charge in [-0.1, -0.05) is 12.1 Å². The molecule has 2 fully saturated rings. The number of halogens is 1. The lowest BCUT2D eigenvalue weighted by molar-refractivity contribution is -0.121. The lowest BCUT2D eigenvalue weighted by Gasteiger charge is -2.21. The highest BCUT2D eigenvalue weighted by atomic mass is 79.9.